The van der Waals surface area contributed by atoms with Crippen molar-refractivity contribution in [1.29, 1.82) is 0 Å². The van der Waals surface area contributed by atoms with E-state index < -0.39 is 0 Å². The molecule has 0 spiro atoms. The first kappa shape index (κ1) is 11.8. The van der Waals surface area contributed by atoms with Crippen molar-refractivity contribution in [2.24, 2.45) is 5.92 Å². The van der Waals surface area contributed by atoms with Gasteiger partial charge < -0.3 is 0 Å². The summed E-state index contributed by atoms with van der Waals surface area (Å²) in [6.45, 7) is 3.06. The Kier molecular flexibility index (Phi) is 3.79. The predicted molar refractivity (Wildman–Crippen MR) is 66.3 cm³/mol. The zero-order valence-electron chi connectivity index (χ0n) is 9.58. The van der Waals surface area contributed by atoms with E-state index in [4.69, 9.17) is 0 Å². The molecular weight excluding hydrogens is 268 g/mol. The number of hydrogen-bond acceptors (Lipinski definition) is 2. The van der Waals surface area contributed by atoms with Crippen LogP contribution in [0.4, 0.5) is 0 Å². The van der Waals surface area contributed by atoms with Crippen LogP contribution in [0.2, 0.25) is 0 Å². The molecule has 1 aliphatic carbocycles. The highest BCUT2D eigenvalue weighted by Gasteiger charge is 2.29. The summed E-state index contributed by atoms with van der Waals surface area (Å²) in [4.78, 5) is 11.6. The summed E-state index contributed by atoms with van der Waals surface area (Å²) in [5, 5.41) is 4.30. The van der Waals surface area contributed by atoms with Crippen LogP contribution in [-0.2, 0) is 17.8 Å². The molecule has 1 fully saturated rings. The van der Waals surface area contributed by atoms with E-state index in [9.17, 15) is 4.79 Å². The lowest BCUT2D eigenvalue weighted by Crippen LogP contribution is -2.08. The SMILES string of the molecule is CCCn1ncc(Br)c1CCC(=O)C1CC1. The van der Waals surface area contributed by atoms with E-state index >= 15 is 0 Å². The molecule has 0 bridgehead atoms. The highest BCUT2D eigenvalue weighted by molar-refractivity contribution is 9.10. The molecule has 0 saturated heterocycles. The largest absolute Gasteiger partial charge is 0.299 e. The lowest BCUT2D eigenvalue weighted by atomic mass is 10.1. The molecule has 0 unspecified atom stereocenters. The number of rotatable bonds is 6. The van der Waals surface area contributed by atoms with Gasteiger partial charge in [0.2, 0.25) is 0 Å². The molecule has 4 heteroatoms. The Morgan fingerprint density at radius 1 is 1.62 bits per heavy atom. The van der Waals surface area contributed by atoms with Gasteiger partial charge in [-0.25, -0.2) is 0 Å². The third kappa shape index (κ3) is 2.73. The van der Waals surface area contributed by atoms with Crippen LogP contribution in [0.15, 0.2) is 10.7 Å². The van der Waals surface area contributed by atoms with Gasteiger partial charge in [0.15, 0.2) is 0 Å². The van der Waals surface area contributed by atoms with Gasteiger partial charge in [-0.3, -0.25) is 9.48 Å². The Labute approximate surface area is 104 Å². The summed E-state index contributed by atoms with van der Waals surface area (Å²) in [6.07, 6.45) is 6.58. The minimum absolute atomic E-state index is 0.376. The Bertz CT molecular complexity index is 382. The smallest absolute Gasteiger partial charge is 0.136 e. The standard InChI is InChI=1S/C12H17BrN2O/c1-2-7-15-11(10(13)8-14-15)5-6-12(16)9-3-4-9/h8-9H,2-7H2,1H3. The number of hydrogen-bond donors (Lipinski definition) is 0. The Hall–Kier alpha value is -0.640. The minimum atomic E-state index is 0.376. The van der Waals surface area contributed by atoms with Crippen molar-refractivity contribution < 1.29 is 4.79 Å². The molecule has 0 aliphatic heterocycles. The first-order valence-electron chi connectivity index (χ1n) is 5.95. The Morgan fingerprint density at radius 3 is 3.00 bits per heavy atom. The van der Waals surface area contributed by atoms with Crippen LogP contribution >= 0.6 is 15.9 Å². The molecule has 1 aromatic rings. The van der Waals surface area contributed by atoms with Gasteiger partial charge in [0.25, 0.3) is 0 Å². The van der Waals surface area contributed by atoms with E-state index in [0.717, 1.165) is 42.4 Å². The molecule has 0 amide bonds. The first-order valence-corrected chi connectivity index (χ1v) is 6.74. The van der Waals surface area contributed by atoms with E-state index in [1.54, 1.807) is 0 Å². The fourth-order valence-corrected chi connectivity index (χ4v) is 2.39. The average molecular weight is 285 g/mol. The molecule has 16 heavy (non-hydrogen) atoms. The fraction of sp³-hybridized carbons (Fsp3) is 0.667. The van der Waals surface area contributed by atoms with Crippen LogP contribution in [-0.4, -0.2) is 15.6 Å². The van der Waals surface area contributed by atoms with Gasteiger partial charge in [-0.2, -0.15) is 5.10 Å². The summed E-state index contributed by atoms with van der Waals surface area (Å²) in [5.74, 6) is 0.803. The van der Waals surface area contributed by atoms with E-state index in [0.29, 0.717) is 18.1 Å². The lowest BCUT2D eigenvalue weighted by Gasteiger charge is -2.06. The average Bonchev–Trinajstić information content (AvgIpc) is 3.04. The maximum Gasteiger partial charge on any atom is 0.136 e. The Morgan fingerprint density at radius 2 is 2.38 bits per heavy atom. The highest BCUT2D eigenvalue weighted by Crippen LogP contribution is 2.31. The van der Waals surface area contributed by atoms with Gasteiger partial charge in [-0.05, 0) is 41.6 Å². The maximum atomic E-state index is 11.6. The number of carbonyl (C=O) groups is 1. The van der Waals surface area contributed by atoms with E-state index in [2.05, 4.69) is 28.0 Å². The molecular formula is C12H17BrN2O. The van der Waals surface area contributed by atoms with Crippen molar-refractivity contribution in [3.8, 4) is 0 Å². The van der Waals surface area contributed by atoms with Crippen molar-refractivity contribution in [2.45, 2.75) is 45.6 Å². The second-order valence-electron chi connectivity index (χ2n) is 4.40. The van der Waals surface area contributed by atoms with Crippen molar-refractivity contribution in [3.05, 3.63) is 16.4 Å². The summed E-state index contributed by atoms with van der Waals surface area (Å²) >= 11 is 3.50. The second kappa shape index (κ2) is 5.13. The second-order valence-corrected chi connectivity index (χ2v) is 5.26. The van der Waals surface area contributed by atoms with Crippen molar-refractivity contribution in [3.63, 3.8) is 0 Å². The topological polar surface area (TPSA) is 34.9 Å². The van der Waals surface area contributed by atoms with Crippen LogP contribution in [0.25, 0.3) is 0 Å². The molecule has 88 valence electrons. The molecule has 1 aliphatic rings. The minimum Gasteiger partial charge on any atom is -0.299 e. The summed E-state index contributed by atoms with van der Waals surface area (Å²) in [5.41, 5.74) is 1.16. The van der Waals surface area contributed by atoms with E-state index in [1.807, 2.05) is 10.9 Å². The molecule has 1 saturated carbocycles. The Balaban J connectivity index is 1.96. The monoisotopic (exact) mass is 284 g/mol. The molecule has 0 radical (unpaired) electrons. The zero-order valence-corrected chi connectivity index (χ0v) is 11.2. The molecule has 0 N–H and O–H groups in total. The third-order valence-electron chi connectivity index (χ3n) is 2.97. The summed E-state index contributed by atoms with van der Waals surface area (Å²) in [6, 6.07) is 0. The third-order valence-corrected chi connectivity index (χ3v) is 3.64. The molecule has 2 rings (SSSR count). The highest BCUT2D eigenvalue weighted by atomic mass is 79.9. The molecule has 0 aromatic carbocycles. The van der Waals surface area contributed by atoms with Gasteiger partial charge in [0.1, 0.15) is 5.78 Å². The van der Waals surface area contributed by atoms with Crippen LogP contribution in [0, 0.1) is 5.92 Å². The van der Waals surface area contributed by atoms with E-state index in [1.165, 1.54) is 0 Å². The molecule has 0 atom stereocenters. The number of carbonyl (C=O) groups excluding carboxylic acids is 1. The van der Waals surface area contributed by atoms with Crippen molar-refractivity contribution in [1.82, 2.24) is 9.78 Å². The first-order chi connectivity index (χ1) is 7.72. The number of aryl methyl sites for hydroxylation is 1. The summed E-state index contributed by atoms with van der Waals surface area (Å²) < 4.78 is 3.04. The van der Waals surface area contributed by atoms with E-state index in [-0.39, 0.29) is 0 Å². The van der Waals surface area contributed by atoms with Crippen molar-refractivity contribution in [2.75, 3.05) is 0 Å². The quantitative estimate of drug-likeness (QED) is 0.805. The zero-order chi connectivity index (χ0) is 11.5. The lowest BCUT2D eigenvalue weighted by molar-refractivity contribution is -0.120. The number of ketones is 1. The van der Waals surface area contributed by atoms with Gasteiger partial charge in [-0.1, -0.05) is 6.92 Å². The van der Waals surface area contributed by atoms with Gasteiger partial charge >= 0.3 is 0 Å². The van der Waals surface area contributed by atoms with Gasteiger partial charge in [0.05, 0.1) is 16.4 Å². The van der Waals surface area contributed by atoms with Gasteiger partial charge in [-0.15, -0.1) is 0 Å². The van der Waals surface area contributed by atoms with Crippen LogP contribution < -0.4 is 0 Å². The molecule has 1 heterocycles. The number of halogens is 1. The van der Waals surface area contributed by atoms with Crippen LogP contribution in [0.1, 0.15) is 38.3 Å². The fourth-order valence-electron chi connectivity index (χ4n) is 1.89. The van der Waals surface area contributed by atoms with Crippen LogP contribution in [0.5, 0.6) is 0 Å². The number of Topliss-reactive ketones (excluding diaryl/α,β-unsaturated/α-hetero) is 1. The van der Waals surface area contributed by atoms with Gasteiger partial charge in [0, 0.05) is 18.9 Å². The predicted octanol–water partition coefficient (Wildman–Crippen LogP) is 2.97. The summed E-state index contributed by atoms with van der Waals surface area (Å²) in [7, 11) is 0. The number of aromatic nitrogens is 2. The molecule has 3 nitrogen and oxygen atoms in total. The normalized spacial score (nSPS) is 15.4. The maximum absolute atomic E-state index is 11.6. The van der Waals surface area contributed by atoms with Crippen molar-refractivity contribution >= 4 is 21.7 Å². The van der Waals surface area contributed by atoms with Crippen LogP contribution in [0.3, 0.4) is 0 Å². The number of nitrogens with zero attached hydrogens (tertiary/aromatic N) is 2. The molecule has 1 aromatic heterocycles.